The normalized spacial score (nSPS) is 15.2. The number of carbonyl (C=O) groups is 2. The number of carbonyl (C=O) groups excluding carboxylic acids is 2. The molecule has 0 N–H and O–H groups in total. The Morgan fingerprint density at radius 3 is 2.58 bits per heavy atom. The number of aryl methyl sites for hydroxylation is 1. The number of furan rings is 1. The zero-order chi connectivity index (χ0) is 22.1. The average Bonchev–Trinajstić information content (AvgIpc) is 3.30. The summed E-state index contributed by atoms with van der Waals surface area (Å²) in [6.07, 6.45) is 1.48. The summed E-state index contributed by atoms with van der Waals surface area (Å²) < 4.78 is 5.72. The van der Waals surface area contributed by atoms with Gasteiger partial charge in [-0.1, -0.05) is 41.4 Å². The molecule has 1 aromatic heterocycles. The lowest BCUT2D eigenvalue weighted by atomic mass is 10.1. The molecule has 1 aliphatic heterocycles. The van der Waals surface area contributed by atoms with Gasteiger partial charge in [-0.2, -0.15) is 0 Å². The van der Waals surface area contributed by atoms with Crippen LogP contribution in [0, 0.1) is 17.0 Å². The van der Waals surface area contributed by atoms with Crippen LogP contribution in [-0.2, 0) is 11.3 Å². The third-order valence-electron chi connectivity index (χ3n) is 4.66. The van der Waals surface area contributed by atoms with Crippen molar-refractivity contribution in [1.82, 2.24) is 4.90 Å². The fourth-order valence-corrected chi connectivity index (χ4v) is 4.06. The third kappa shape index (κ3) is 4.40. The standard InChI is InChI=1S/C22H15ClN2O5S/c1-13-2-4-14(5-3-13)12-24-21(26)20(31-22(24)27)11-16-7-9-19(30-16)17-10-15(25(28)29)6-8-18(17)23/h2-11H,12H2,1H3/b20-11+. The minimum atomic E-state index is -0.520. The van der Waals surface area contributed by atoms with Crippen molar-refractivity contribution < 1.29 is 18.9 Å². The van der Waals surface area contributed by atoms with Crippen LogP contribution in [0.3, 0.4) is 0 Å². The first kappa shape index (κ1) is 20.9. The van der Waals surface area contributed by atoms with E-state index < -0.39 is 10.8 Å². The summed E-state index contributed by atoms with van der Waals surface area (Å²) in [5, 5.41) is 11.0. The molecule has 7 nitrogen and oxygen atoms in total. The number of hydrogen-bond acceptors (Lipinski definition) is 6. The smallest absolute Gasteiger partial charge is 0.293 e. The first-order valence-electron chi connectivity index (χ1n) is 9.17. The molecule has 2 heterocycles. The summed E-state index contributed by atoms with van der Waals surface area (Å²) in [5.74, 6) is 0.249. The topological polar surface area (TPSA) is 93.7 Å². The minimum Gasteiger partial charge on any atom is -0.457 e. The van der Waals surface area contributed by atoms with Gasteiger partial charge in [-0.15, -0.1) is 0 Å². The molecule has 31 heavy (non-hydrogen) atoms. The summed E-state index contributed by atoms with van der Waals surface area (Å²) in [4.78, 5) is 37.0. The van der Waals surface area contributed by atoms with Crippen LogP contribution in [0.25, 0.3) is 17.4 Å². The largest absolute Gasteiger partial charge is 0.457 e. The van der Waals surface area contributed by atoms with Crippen molar-refractivity contribution in [3.63, 3.8) is 0 Å². The molecule has 0 radical (unpaired) electrons. The van der Waals surface area contributed by atoms with Crippen LogP contribution in [-0.4, -0.2) is 21.0 Å². The molecular weight excluding hydrogens is 440 g/mol. The zero-order valence-corrected chi connectivity index (χ0v) is 17.8. The lowest BCUT2D eigenvalue weighted by Gasteiger charge is -2.12. The van der Waals surface area contributed by atoms with E-state index >= 15 is 0 Å². The predicted octanol–water partition coefficient (Wildman–Crippen LogP) is 6.05. The number of rotatable bonds is 5. The molecule has 0 unspecified atom stereocenters. The van der Waals surface area contributed by atoms with Crippen molar-refractivity contribution >= 4 is 46.3 Å². The molecular formula is C22H15ClN2O5S. The number of hydrogen-bond donors (Lipinski definition) is 0. The van der Waals surface area contributed by atoms with Gasteiger partial charge in [0.1, 0.15) is 11.5 Å². The fourth-order valence-electron chi connectivity index (χ4n) is 3.03. The zero-order valence-electron chi connectivity index (χ0n) is 16.2. The number of amides is 2. The second-order valence-electron chi connectivity index (χ2n) is 6.88. The number of imide groups is 1. The van der Waals surface area contributed by atoms with Crippen molar-refractivity contribution in [3.8, 4) is 11.3 Å². The third-order valence-corrected chi connectivity index (χ3v) is 5.90. The number of nitro groups is 1. The highest BCUT2D eigenvalue weighted by Gasteiger charge is 2.35. The van der Waals surface area contributed by atoms with Crippen LogP contribution in [0.1, 0.15) is 16.9 Å². The van der Waals surface area contributed by atoms with Crippen molar-refractivity contribution in [1.29, 1.82) is 0 Å². The van der Waals surface area contributed by atoms with E-state index in [0.717, 1.165) is 22.9 Å². The van der Waals surface area contributed by atoms with Gasteiger partial charge in [-0.3, -0.25) is 24.6 Å². The molecule has 0 bridgehead atoms. The van der Waals surface area contributed by atoms with Crippen LogP contribution in [0.2, 0.25) is 5.02 Å². The molecule has 0 atom stereocenters. The number of halogens is 1. The Bertz CT molecular complexity index is 1230. The molecule has 9 heteroatoms. The molecule has 156 valence electrons. The Hall–Kier alpha value is -3.36. The molecule has 0 aliphatic carbocycles. The number of nitrogens with zero attached hydrogens (tertiary/aromatic N) is 2. The van der Waals surface area contributed by atoms with E-state index in [4.69, 9.17) is 16.0 Å². The van der Waals surface area contributed by atoms with Crippen LogP contribution >= 0.6 is 23.4 Å². The van der Waals surface area contributed by atoms with Crippen LogP contribution in [0.15, 0.2) is 63.9 Å². The van der Waals surface area contributed by atoms with Gasteiger partial charge in [0.05, 0.1) is 21.4 Å². The molecule has 1 fully saturated rings. The average molecular weight is 455 g/mol. The Kier molecular flexibility index (Phi) is 5.67. The summed E-state index contributed by atoms with van der Waals surface area (Å²) in [6, 6.07) is 14.9. The Morgan fingerprint density at radius 2 is 1.87 bits per heavy atom. The molecule has 0 spiro atoms. The van der Waals surface area contributed by atoms with Crippen molar-refractivity contribution in [2.24, 2.45) is 0 Å². The number of thioether (sulfide) groups is 1. The minimum absolute atomic E-state index is 0.116. The number of non-ortho nitro benzene ring substituents is 1. The summed E-state index contributed by atoms with van der Waals surface area (Å²) in [6.45, 7) is 2.15. The Labute approximate surface area is 186 Å². The molecule has 4 rings (SSSR count). The summed E-state index contributed by atoms with van der Waals surface area (Å²) in [7, 11) is 0. The van der Waals surface area contributed by atoms with E-state index in [2.05, 4.69) is 0 Å². The van der Waals surface area contributed by atoms with Gasteiger partial charge in [0.2, 0.25) is 0 Å². The van der Waals surface area contributed by atoms with E-state index in [0.29, 0.717) is 22.1 Å². The summed E-state index contributed by atoms with van der Waals surface area (Å²) in [5.41, 5.74) is 2.20. The summed E-state index contributed by atoms with van der Waals surface area (Å²) >= 11 is 6.99. The molecule has 2 amide bonds. The maximum atomic E-state index is 12.7. The van der Waals surface area contributed by atoms with Gasteiger partial charge in [0.25, 0.3) is 16.8 Å². The number of nitro benzene ring substituents is 1. The lowest BCUT2D eigenvalue weighted by Crippen LogP contribution is -2.27. The van der Waals surface area contributed by atoms with Crippen molar-refractivity contribution in [3.05, 3.63) is 91.5 Å². The van der Waals surface area contributed by atoms with Gasteiger partial charge < -0.3 is 4.42 Å². The second kappa shape index (κ2) is 8.41. The first-order chi connectivity index (χ1) is 14.8. The van der Waals surface area contributed by atoms with Gasteiger partial charge in [-0.05, 0) is 42.4 Å². The Morgan fingerprint density at radius 1 is 1.13 bits per heavy atom. The molecule has 1 saturated heterocycles. The molecule has 3 aromatic rings. The highest BCUT2D eigenvalue weighted by atomic mass is 35.5. The van der Waals surface area contributed by atoms with E-state index in [1.807, 2.05) is 31.2 Å². The molecule has 2 aromatic carbocycles. The predicted molar refractivity (Wildman–Crippen MR) is 119 cm³/mol. The second-order valence-corrected chi connectivity index (χ2v) is 8.28. The van der Waals surface area contributed by atoms with Gasteiger partial charge in [0.15, 0.2) is 0 Å². The highest BCUT2D eigenvalue weighted by Crippen LogP contribution is 2.36. The van der Waals surface area contributed by atoms with Gasteiger partial charge in [-0.25, -0.2) is 0 Å². The van der Waals surface area contributed by atoms with E-state index in [-0.39, 0.29) is 22.4 Å². The van der Waals surface area contributed by atoms with E-state index in [1.165, 1.54) is 29.2 Å². The van der Waals surface area contributed by atoms with Gasteiger partial charge in [0, 0.05) is 23.8 Å². The van der Waals surface area contributed by atoms with Crippen LogP contribution in [0.4, 0.5) is 10.5 Å². The first-order valence-corrected chi connectivity index (χ1v) is 10.4. The molecule has 1 aliphatic rings. The Balaban J connectivity index is 1.56. The van der Waals surface area contributed by atoms with Gasteiger partial charge >= 0.3 is 0 Å². The van der Waals surface area contributed by atoms with E-state index in [1.54, 1.807) is 12.1 Å². The fraction of sp³-hybridized carbons (Fsp3) is 0.0909. The van der Waals surface area contributed by atoms with Crippen molar-refractivity contribution in [2.45, 2.75) is 13.5 Å². The monoisotopic (exact) mass is 454 g/mol. The quantitative estimate of drug-likeness (QED) is 0.264. The molecule has 0 saturated carbocycles. The van der Waals surface area contributed by atoms with Crippen molar-refractivity contribution in [2.75, 3.05) is 0 Å². The van der Waals surface area contributed by atoms with Crippen LogP contribution in [0.5, 0.6) is 0 Å². The highest BCUT2D eigenvalue weighted by molar-refractivity contribution is 8.18. The lowest BCUT2D eigenvalue weighted by molar-refractivity contribution is -0.384. The maximum Gasteiger partial charge on any atom is 0.293 e. The SMILES string of the molecule is Cc1ccc(CN2C(=O)S/C(=C/c3ccc(-c4cc([N+](=O)[O-])ccc4Cl)o3)C2=O)cc1. The van der Waals surface area contributed by atoms with E-state index in [9.17, 15) is 19.7 Å². The maximum absolute atomic E-state index is 12.7. The number of benzene rings is 2. The van der Waals surface area contributed by atoms with Crippen LogP contribution < -0.4 is 0 Å².